The molecule has 0 aliphatic heterocycles. The fourth-order valence-electron chi connectivity index (χ4n) is 1.36. The molecule has 0 spiro atoms. The number of rotatable bonds is 5. The molecular formula is C12H16ClNO3. The van der Waals surface area contributed by atoms with E-state index in [1.54, 1.807) is 18.2 Å². The van der Waals surface area contributed by atoms with Crippen molar-refractivity contribution in [3.63, 3.8) is 0 Å². The summed E-state index contributed by atoms with van der Waals surface area (Å²) in [5.74, 6) is -0.432. The van der Waals surface area contributed by atoms with Crippen molar-refractivity contribution in [3.05, 3.63) is 28.8 Å². The van der Waals surface area contributed by atoms with Crippen molar-refractivity contribution < 1.29 is 14.6 Å². The van der Waals surface area contributed by atoms with Gasteiger partial charge in [0, 0.05) is 0 Å². The maximum Gasteiger partial charge on any atom is 0.320 e. The van der Waals surface area contributed by atoms with E-state index in [4.69, 9.17) is 27.2 Å². The Labute approximate surface area is 105 Å². The highest BCUT2D eigenvalue weighted by atomic mass is 35.5. The molecule has 1 rings (SSSR count). The standard InChI is InChI=1S/C12H16ClNO3/c1-7(2)17-11-4-3-8(5-9(11)13)6-10(14)12(15)16/h3-5,7,10H,6,14H2,1-2H3,(H,15,16). The Hall–Kier alpha value is -1.26. The minimum Gasteiger partial charge on any atom is -0.489 e. The molecule has 94 valence electrons. The number of benzene rings is 1. The smallest absolute Gasteiger partial charge is 0.320 e. The van der Waals surface area contributed by atoms with E-state index < -0.39 is 12.0 Å². The third-order valence-electron chi connectivity index (χ3n) is 2.13. The summed E-state index contributed by atoms with van der Waals surface area (Å²) < 4.78 is 5.47. The summed E-state index contributed by atoms with van der Waals surface area (Å²) >= 11 is 6.02. The molecular weight excluding hydrogens is 242 g/mol. The molecule has 0 fully saturated rings. The SMILES string of the molecule is CC(C)Oc1ccc(CC(N)C(=O)O)cc1Cl. The van der Waals surface area contributed by atoms with Crippen LogP contribution in [0.3, 0.4) is 0 Å². The van der Waals surface area contributed by atoms with E-state index in [0.29, 0.717) is 10.8 Å². The molecule has 1 atom stereocenters. The number of hydrogen-bond acceptors (Lipinski definition) is 3. The molecule has 0 saturated heterocycles. The normalized spacial score (nSPS) is 12.5. The predicted molar refractivity (Wildman–Crippen MR) is 66.5 cm³/mol. The first-order valence-electron chi connectivity index (χ1n) is 5.33. The number of ether oxygens (including phenoxy) is 1. The van der Waals surface area contributed by atoms with Crippen LogP contribution in [0.1, 0.15) is 19.4 Å². The number of carbonyl (C=O) groups is 1. The number of halogens is 1. The van der Waals surface area contributed by atoms with Crippen LogP contribution in [0.4, 0.5) is 0 Å². The van der Waals surface area contributed by atoms with Gasteiger partial charge in [-0.2, -0.15) is 0 Å². The number of hydrogen-bond donors (Lipinski definition) is 2. The first-order chi connectivity index (χ1) is 7.90. The molecule has 0 bridgehead atoms. The summed E-state index contributed by atoms with van der Waals surface area (Å²) in [6, 6.07) is 4.27. The van der Waals surface area contributed by atoms with Crippen molar-refractivity contribution >= 4 is 17.6 Å². The minimum atomic E-state index is -1.02. The van der Waals surface area contributed by atoms with E-state index in [-0.39, 0.29) is 12.5 Å². The van der Waals surface area contributed by atoms with Gasteiger partial charge >= 0.3 is 5.97 Å². The molecule has 1 unspecified atom stereocenters. The number of aliphatic carboxylic acids is 1. The van der Waals surface area contributed by atoms with E-state index >= 15 is 0 Å². The highest BCUT2D eigenvalue weighted by molar-refractivity contribution is 6.32. The van der Waals surface area contributed by atoms with E-state index in [9.17, 15) is 4.79 Å². The summed E-state index contributed by atoms with van der Waals surface area (Å²) in [4.78, 5) is 10.6. The van der Waals surface area contributed by atoms with Gasteiger partial charge in [-0.3, -0.25) is 4.79 Å². The number of carboxylic acid groups (broad SMARTS) is 1. The topological polar surface area (TPSA) is 72.5 Å². The van der Waals surface area contributed by atoms with Crippen LogP contribution in [0, 0.1) is 0 Å². The lowest BCUT2D eigenvalue weighted by Gasteiger charge is -2.13. The largest absolute Gasteiger partial charge is 0.489 e. The van der Waals surface area contributed by atoms with Crippen molar-refractivity contribution in [2.24, 2.45) is 5.73 Å². The second kappa shape index (κ2) is 5.89. The van der Waals surface area contributed by atoms with Gasteiger partial charge in [0.1, 0.15) is 11.8 Å². The Morgan fingerprint density at radius 3 is 2.65 bits per heavy atom. The first-order valence-corrected chi connectivity index (χ1v) is 5.71. The molecule has 0 heterocycles. The summed E-state index contributed by atoms with van der Waals surface area (Å²) in [7, 11) is 0. The first kappa shape index (κ1) is 13.8. The van der Waals surface area contributed by atoms with Gasteiger partial charge in [-0.05, 0) is 38.0 Å². The molecule has 3 N–H and O–H groups in total. The van der Waals surface area contributed by atoms with Gasteiger partial charge in [-0.15, -0.1) is 0 Å². The van der Waals surface area contributed by atoms with Crippen molar-refractivity contribution in [1.29, 1.82) is 0 Å². The van der Waals surface area contributed by atoms with Crippen LogP contribution >= 0.6 is 11.6 Å². The van der Waals surface area contributed by atoms with Crippen molar-refractivity contribution in [2.75, 3.05) is 0 Å². The van der Waals surface area contributed by atoms with Gasteiger partial charge in [-0.1, -0.05) is 17.7 Å². The van der Waals surface area contributed by atoms with Gasteiger partial charge in [0.05, 0.1) is 11.1 Å². The van der Waals surface area contributed by atoms with Crippen LogP contribution in [-0.2, 0) is 11.2 Å². The zero-order valence-electron chi connectivity index (χ0n) is 9.81. The molecule has 0 aliphatic carbocycles. The third-order valence-corrected chi connectivity index (χ3v) is 2.43. The monoisotopic (exact) mass is 257 g/mol. The lowest BCUT2D eigenvalue weighted by molar-refractivity contribution is -0.138. The molecule has 0 aliphatic rings. The quantitative estimate of drug-likeness (QED) is 0.847. The summed E-state index contributed by atoms with van der Waals surface area (Å²) in [5.41, 5.74) is 6.22. The average Bonchev–Trinajstić information content (AvgIpc) is 2.21. The van der Waals surface area contributed by atoms with Crippen molar-refractivity contribution in [2.45, 2.75) is 32.4 Å². The molecule has 1 aromatic carbocycles. The molecule has 4 nitrogen and oxygen atoms in total. The average molecular weight is 258 g/mol. The summed E-state index contributed by atoms with van der Waals surface area (Å²) in [5, 5.41) is 9.17. The minimum absolute atomic E-state index is 0.0413. The Morgan fingerprint density at radius 1 is 1.53 bits per heavy atom. The second-order valence-electron chi connectivity index (χ2n) is 4.08. The van der Waals surface area contributed by atoms with Crippen LogP contribution in [0.15, 0.2) is 18.2 Å². The Kier molecular flexibility index (Phi) is 4.78. The maximum atomic E-state index is 10.6. The summed E-state index contributed by atoms with van der Waals surface area (Å²) in [6.45, 7) is 3.81. The van der Waals surface area contributed by atoms with E-state index in [0.717, 1.165) is 5.56 Å². The lowest BCUT2D eigenvalue weighted by atomic mass is 10.1. The van der Waals surface area contributed by atoms with Gasteiger partial charge < -0.3 is 15.6 Å². The van der Waals surface area contributed by atoms with Gasteiger partial charge in [-0.25, -0.2) is 0 Å². The predicted octanol–water partition coefficient (Wildman–Crippen LogP) is 2.08. The fourth-order valence-corrected chi connectivity index (χ4v) is 1.61. The van der Waals surface area contributed by atoms with Gasteiger partial charge in [0.15, 0.2) is 0 Å². The number of carboxylic acids is 1. The molecule has 0 radical (unpaired) electrons. The molecule has 1 aromatic rings. The zero-order chi connectivity index (χ0) is 13.0. The van der Waals surface area contributed by atoms with E-state index in [2.05, 4.69) is 0 Å². The van der Waals surface area contributed by atoms with E-state index in [1.807, 2.05) is 13.8 Å². The second-order valence-corrected chi connectivity index (χ2v) is 4.49. The maximum absolute atomic E-state index is 10.6. The van der Waals surface area contributed by atoms with Gasteiger partial charge in [0.25, 0.3) is 0 Å². The fraction of sp³-hybridized carbons (Fsp3) is 0.417. The summed E-state index contributed by atoms with van der Waals surface area (Å²) in [6.07, 6.45) is 0.288. The number of nitrogens with two attached hydrogens (primary N) is 1. The van der Waals surface area contributed by atoms with Gasteiger partial charge in [0.2, 0.25) is 0 Å². The molecule has 5 heteroatoms. The van der Waals surface area contributed by atoms with Crippen LogP contribution in [-0.4, -0.2) is 23.2 Å². The van der Waals surface area contributed by atoms with Crippen LogP contribution in [0.2, 0.25) is 5.02 Å². The van der Waals surface area contributed by atoms with Crippen molar-refractivity contribution in [3.8, 4) is 5.75 Å². The van der Waals surface area contributed by atoms with Crippen LogP contribution < -0.4 is 10.5 Å². The Morgan fingerprint density at radius 2 is 2.18 bits per heavy atom. The Bertz CT molecular complexity index is 407. The highest BCUT2D eigenvalue weighted by Crippen LogP contribution is 2.26. The lowest BCUT2D eigenvalue weighted by Crippen LogP contribution is -2.32. The molecule has 0 amide bonds. The molecule has 0 saturated carbocycles. The van der Waals surface area contributed by atoms with Crippen LogP contribution in [0.5, 0.6) is 5.75 Å². The van der Waals surface area contributed by atoms with Crippen LogP contribution in [0.25, 0.3) is 0 Å². The Balaban J connectivity index is 2.78. The highest BCUT2D eigenvalue weighted by Gasteiger charge is 2.13. The zero-order valence-corrected chi connectivity index (χ0v) is 10.6. The molecule has 17 heavy (non-hydrogen) atoms. The third kappa shape index (κ3) is 4.24. The van der Waals surface area contributed by atoms with Crippen molar-refractivity contribution in [1.82, 2.24) is 0 Å². The molecule has 0 aromatic heterocycles. The van der Waals surface area contributed by atoms with E-state index in [1.165, 1.54) is 0 Å².